The molecule has 0 aromatic heterocycles. The number of nitrogens with zero attached hydrogens (tertiary/aromatic N) is 1. The van der Waals surface area contributed by atoms with Crippen molar-refractivity contribution in [1.82, 2.24) is 4.90 Å². The summed E-state index contributed by atoms with van der Waals surface area (Å²) in [6.45, 7) is 4.68. The number of ketones is 1. The minimum atomic E-state index is -1.42. The molecule has 4 aliphatic heterocycles. The van der Waals surface area contributed by atoms with Crippen LogP contribution in [0.3, 0.4) is 0 Å². The average Bonchev–Trinajstić information content (AvgIpc) is 3.69. The molecule has 198 valence electrons. The second-order valence-electron chi connectivity index (χ2n) is 11.7. The molecular formula is C34H29N3O3. The molecule has 0 bridgehead atoms. The van der Waals surface area contributed by atoms with Crippen LogP contribution in [0.25, 0.3) is 10.8 Å². The molecular weight excluding hydrogens is 498 g/mol. The molecule has 6 heteroatoms. The molecule has 4 heterocycles. The molecule has 0 aliphatic carbocycles. The fourth-order valence-electron chi connectivity index (χ4n) is 8.42. The molecule has 8 rings (SSSR count). The Morgan fingerprint density at radius 3 is 2.48 bits per heavy atom. The van der Waals surface area contributed by atoms with Crippen molar-refractivity contribution >= 4 is 39.7 Å². The van der Waals surface area contributed by atoms with Crippen LogP contribution in [-0.2, 0) is 20.5 Å². The number of amides is 2. The van der Waals surface area contributed by atoms with Gasteiger partial charge in [0.2, 0.25) is 5.91 Å². The molecule has 40 heavy (non-hydrogen) atoms. The van der Waals surface area contributed by atoms with Crippen LogP contribution >= 0.6 is 0 Å². The lowest BCUT2D eigenvalue weighted by molar-refractivity contribution is -0.137. The standard InChI is InChI=1S/C34H29N3O3/c1-19-13-16-25-29(20(19)2)36-32(40)34(25)33(24-10-5-6-11-26(24)35-31(33)39)28(27-12-7-17-37(27)34)30(38)23-15-14-21-8-3-4-9-22(21)18-23/h3-6,8-11,13-16,18,27-28H,7,12,17H2,1-2H3,(H,35,39)(H,36,40)/t27-,28-,33+,34+/m1/s1. The van der Waals surface area contributed by atoms with E-state index < -0.39 is 16.9 Å². The highest BCUT2D eigenvalue weighted by molar-refractivity contribution is 6.21. The number of hydrogen-bond donors (Lipinski definition) is 2. The number of rotatable bonds is 2. The molecule has 0 radical (unpaired) electrons. The highest BCUT2D eigenvalue weighted by Gasteiger charge is 2.81. The number of aryl methyl sites for hydroxylation is 1. The molecule has 2 amide bonds. The molecule has 4 aromatic rings. The molecule has 4 aliphatic rings. The van der Waals surface area contributed by atoms with E-state index >= 15 is 0 Å². The molecule has 0 unspecified atom stereocenters. The Labute approximate surface area is 232 Å². The van der Waals surface area contributed by atoms with Crippen molar-refractivity contribution in [2.24, 2.45) is 5.92 Å². The van der Waals surface area contributed by atoms with Gasteiger partial charge in [0.25, 0.3) is 5.91 Å². The van der Waals surface area contributed by atoms with E-state index in [9.17, 15) is 14.4 Å². The topological polar surface area (TPSA) is 78.5 Å². The van der Waals surface area contributed by atoms with E-state index in [2.05, 4.69) is 15.5 Å². The summed E-state index contributed by atoms with van der Waals surface area (Å²) in [5.74, 6) is -1.32. The van der Waals surface area contributed by atoms with E-state index in [1.165, 1.54) is 0 Å². The molecule has 2 N–H and O–H groups in total. The number of carbonyl (C=O) groups is 3. The van der Waals surface area contributed by atoms with Crippen LogP contribution in [0.5, 0.6) is 0 Å². The Bertz CT molecular complexity index is 1810. The largest absolute Gasteiger partial charge is 0.325 e. The van der Waals surface area contributed by atoms with Gasteiger partial charge in [-0.05, 0) is 72.8 Å². The van der Waals surface area contributed by atoms with Gasteiger partial charge in [0.1, 0.15) is 11.0 Å². The third-order valence-corrected chi connectivity index (χ3v) is 10.1. The molecule has 4 atom stereocenters. The molecule has 2 spiro atoms. The van der Waals surface area contributed by atoms with Crippen molar-refractivity contribution in [1.29, 1.82) is 0 Å². The zero-order chi connectivity index (χ0) is 27.4. The summed E-state index contributed by atoms with van der Waals surface area (Å²) in [6.07, 6.45) is 1.61. The first-order valence-electron chi connectivity index (χ1n) is 14.0. The minimum absolute atomic E-state index is 0.0866. The Hall–Kier alpha value is -4.29. The van der Waals surface area contributed by atoms with Crippen molar-refractivity contribution < 1.29 is 14.4 Å². The third kappa shape index (κ3) is 2.56. The summed E-state index contributed by atoms with van der Waals surface area (Å²) < 4.78 is 0. The van der Waals surface area contributed by atoms with Crippen molar-refractivity contribution in [2.75, 3.05) is 17.2 Å². The van der Waals surface area contributed by atoms with Crippen LogP contribution in [0.1, 0.15) is 45.5 Å². The van der Waals surface area contributed by atoms with Gasteiger partial charge in [0.15, 0.2) is 5.78 Å². The first-order valence-corrected chi connectivity index (χ1v) is 14.0. The maximum absolute atomic E-state index is 14.9. The van der Waals surface area contributed by atoms with Crippen molar-refractivity contribution in [3.8, 4) is 0 Å². The van der Waals surface area contributed by atoms with Gasteiger partial charge in [0.05, 0.1) is 5.92 Å². The number of para-hydroxylation sites is 1. The first kappa shape index (κ1) is 23.6. The summed E-state index contributed by atoms with van der Waals surface area (Å²) in [4.78, 5) is 46.4. The third-order valence-electron chi connectivity index (χ3n) is 10.1. The number of fused-ring (bicyclic) bond motifs is 8. The molecule has 2 fully saturated rings. The SMILES string of the molecule is Cc1ccc2c(c1C)NC(=O)[C@@]21N2CCC[C@@H]2[C@H](C(=O)c2ccc3ccccc3c2)[C@@]12C(=O)Nc1ccccc12. The highest BCUT2D eigenvalue weighted by Crippen LogP contribution is 2.68. The molecule has 6 nitrogen and oxygen atoms in total. The van der Waals surface area contributed by atoms with Crippen LogP contribution in [0.15, 0.2) is 78.9 Å². The zero-order valence-electron chi connectivity index (χ0n) is 22.5. The van der Waals surface area contributed by atoms with Gasteiger partial charge in [-0.25, -0.2) is 0 Å². The minimum Gasteiger partial charge on any atom is -0.325 e. The van der Waals surface area contributed by atoms with Crippen molar-refractivity contribution in [2.45, 2.75) is 43.7 Å². The van der Waals surface area contributed by atoms with E-state index in [1.54, 1.807) is 0 Å². The van der Waals surface area contributed by atoms with Gasteiger partial charge in [0, 0.05) is 28.5 Å². The predicted octanol–water partition coefficient (Wildman–Crippen LogP) is 5.47. The normalized spacial score (nSPS) is 28.1. The highest BCUT2D eigenvalue weighted by atomic mass is 16.2. The maximum atomic E-state index is 14.9. The molecule has 2 saturated heterocycles. The van der Waals surface area contributed by atoms with Gasteiger partial charge in [-0.2, -0.15) is 0 Å². The maximum Gasteiger partial charge on any atom is 0.251 e. The van der Waals surface area contributed by atoms with E-state index in [-0.39, 0.29) is 23.6 Å². The first-order chi connectivity index (χ1) is 19.4. The van der Waals surface area contributed by atoms with E-state index in [1.807, 2.05) is 92.7 Å². The van der Waals surface area contributed by atoms with Crippen LogP contribution < -0.4 is 10.6 Å². The Morgan fingerprint density at radius 1 is 0.850 bits per heavy atom. The summed E-state index contributed by atoms with van der Waals surface area (Å²) in [5, 5.41) is 8.35. The van der Waals surface area contributed by atoms with Gasteiger partial charge in [-0.15, -0.1) is 0 Å². The quantitative estimate of drug-likeness (QED) is 0.339. The summed E-state index contributed by atoms with van der Waals surface area (Å²) >= 11 is 0. The Balaban J connectivity index is 1.46. The second-order valence-corrected chi connectivity index (χ2v) is 11.7. The van der Waals surface area contributed by atoms with Gasteiger partial charge in [-0.1, -0.05) is 66.7 Å². The van der Waals surface area contributed by atoms with Crippen LogP contribution in [0.2, 0.25) is 0 Å². The lowest BCUT2D eigenvalue weighted by atomic mass is 9.57. The van der Waals surface area contributed by atoms with Crippen LogP contribution in [0, 0.1) is 19.8 Å². The Morgan fingerprint density at radius 2 is 1.62 bits per heavy atom. The predicted molar refractivity (Wildman–Crippen MR) is 154 cm³/mol. The zero-order valence-corrected chi connectivity index (χ0v) is 22.5. The van der Waals surface area contributed by atoms with Crippen molar-refractivity contribution in [3.63, 3.8) is 0 Å². The number of Topliss-reactive ketones (excluding diaryl/α,β-unsaturated/α-hetero) is 1. The number of hydrogen-bond acceptors (Lipinski definition) is 4. The van der Waals surface area contributed by atoms with Gasteiger partial charge < -0.3 is 10.6 Å². The van der Waals surface area contributed by atoms with E-state index in [4.69, 9.17) is 0 Å². The number of anilines is 2. The average molecular weight is 528 g/mol. The number of benzene rings is 4. The Kier molecular flexibility index (Phi) is 4.65. The van der Waals surface area contributed by atoms with E-state index in [0.717, 1.165) is 51.6 Å². The van der Waals surface area contributed by atoms with Gasteiger partial charge >= 0.3 is 0 Å². The fraction of sp³-hybridized carbons (Fsp3) is 0.265. The summed E-state index contributed by atoms with van der Waals surface area (Å²) in [7, 11) is 0. The number of nitrogens with one attached hydrogen (secondary N) is 2. The summed E-state index contributed by atoms with van der Waals surface area (Å²) in [6, 6.07) is 25.1. The fourth-order valence-corrected chi connectivity index (χ4v) is 8.42. The second kappa shape index (κ2) is 7.89. The lowest BCUT2D eigenvalue weighted by Crippen LogP contribution is -2.62. The van der Waals surface area contributed by atoms with Gasteiger partial charge in [-0.3, -0.25) is 19.3 Å². The summed E-state index contributed by atoms with van der Waals surface area (Å²) in [5.41, 5.74) is 2.85. The van der Waals surface area contributed by atoms with Crippen molar-refractivity contribution in [3.05, 3.63) is 107 Å². The lowest BCUT2D eigenvalue weighted by Gasteiger charge is -2.43. The number of carbonyl (C=O) groups excluding carboxylic acids is 3. The smallest absolute Gasteiger partial charge is 0.251 e. The molecule has 0 saturated carbocycles. The van der Waals surface area contributed by atoms with Crippen LogP contribution in [0.4, 0.5) is 11.4 Å². The monoisotopic (exact) mass is 527 g/mol. The van der Waals surface area contributed by atoms with E-state index in [0.29, 0.717) is 17.8 Å². The van der Waals surface area contributed by atoms with Crippen LogP contribution in [-0.4, -0.2) is 35.1 Å². The molecule has 4 aromatic carbocycles.